The van der Waals surface area contributed by atoms with E-state index in [-0.39, 0.29) is 11.9 Å². The van der Waals surface area contributed by atoms with Gasteiger partial charge in [0.2, 0.25) is 0 Å². The van der Waals surface area contributed by atoms with Crippen molar-refractivity contribution in [2.75, 3.05) is 29.9 Å². The summed E-state index contributed by atoms with van der Waals surface area (Å²) in [6.45, 7) is 6.28. The Labute approximate surface area is 197 Å². The number of carbonyl (C=O) groups excluding carboxylic acids is 1. The fourth-order valence-corrected chi connectivity index (χ4v) is 4.46. The number of piperazine rings is 1. The average Bonchev–Trinajstić information content (AvgIpc) is 3.29. The van der Waals surface area contributed by atoms with Gasteiger partial charge in [0.25, 0.3) is 5.91 Å². The molecule has 0 radical (unpaired) electrons. The van der Waals surface area contributed by atoms with Gasteiger partial charge in [0.15, 0.2) is 0 Å². The molecule has 1 fully saturated rings. The maximum Gasteiger partial charge on any atom is 0.272 e. The zero-order valence-electron chi connectivity index (χ0n) is 18.6. The van der Waals surface area contributed by atoms with Crippen LogP contribution in [0.1, 0.15) is 23.0 Å². The number of aryl methyl sites for hydroxylation is 1. The lowest BCUT2D eigenvalue weighted by Crippen LogP contribution is -2.54. The summed E-state index contributed by atoms with van der Waals surface area (Å²) >= 11 is 6.00. The molecule has 7 heteroatoms. The van der Waals surface area contributed by atoms with E-state index in [1.807, 2.05) is 23.1 Å². The smallest absolute Gasteiger partial charge is 0.272 e. The van der Waals surface area contributed by atoms with Crippen LogP contribution in [-0.4, -0.2) is 41.5 Å². The Morgan fingerprint density at radius 1 is 1.12 bits per heavy atom. The van der Waals surface area contributed by atoms with Crippen LogP contribution in [0, 0.1) is 6.92 Å². The summed E-state index contributed by atoms with van der Waals surface area (Å²) in [4.78, 5) is 22.3. The topological polar surface area (TPSA) is 61.6 Å². The molecule has 0 bridgehead atoms. The van der Waals surface area contributed by atoms with Crippen LogP contribution in [0.15, 0.2) is 71.3 Å². The van der Waals surface area contributed by atoms with E-state index in [4.69, 9.17) is 16.0 Å². The molecule has 5 rings (SSSR count). The fraction of sp³-hybridized carbons (Fsp3) is 0.231. The largest absolute Gasteiger partial charge is 0.464 e. The molecule has 33 heavy (non-hydrogen) atoms. The number of hydrogen-bond donors (Lipinski definition) is 1. The third kappa shape index (κ3) is 4.39. The van der Waals surface area contributed by atoms with Crippen molar-refractivity contribution in [2.45, 2.75) is 19.9 Å². The highest BCUT2D eigenvalue weighted by Crippen LogP contribution is 2.28. The lowest BCUT2D eigenvalue weighted by molar-refractivity contribution is 0.0720. The van der Waals surface area contributed by atoms with Crippen molar-refractivity contribution in [1.82, 2.24) is 9.88 Å². The highest BCUT2D eigenvalue weighted by Gasteiger charge is 2.29. The molecular formula is C26H25ClN4O2. The first-order valence-electron chi connectivity index (χ1n) is 11.0. The molecule has 2 aromatic carbocycles. The summed E-state index contributed by atoms with van der Waals surface area (Å²) in [5.41, 5.74) is 4.25. The monoisotopic (exact) mass is 460 g/mol. The first-order chi connectivity index (χ1) is 16.0. The molecule has 2 aromatic heterocycles. The molecule has 1 atom stereocenters. The number of pyridine rings is 1. The molecule has 1 aliphatic heterocycles. The van der Waals surface area contributed by atoms with Gasteiger partial charge in [0, 0.05) is 48.1 Å². The van der Waals surface area contributed by atoms with E-state index >= 15 is 0 Å². The molecule has 1 amide bonds. The van der Waals surface area contributed by atoms with Crippen LogP contribution in [0.3, 0.4) is 0 Å². The van der Waals surface area contributed by atoms with Crippen LogP contribution in [-0.2, 0) is 0 Å². The normalized spacial score (nSPS) is 16.3. The number of benzene rings is 2. The van der Waals surface area contributed by atoms with Crippen LogP contribution in [0.5, 0.6) is 0 Å². The van der Waals surface area contributed by atoms with Crippen LogP contribution in [0.2, 0.25) is 5.02 Å². The van der Waals surface area contributed by atoms with Gasteiger partial charge in [-0.25, -0.2) is 4.98 Å². The molecule has 0 spiro atoms. The summed E-state index contributed by atoms with van der Waals surface area (Å²) in [5.74, 6) is 0.488. The van der Waals surface area contributed by atoms with Crippen molar-refractivity contribution in [3.8, 4) is 0 Å². The van der Waals surface area contributed by atoms with Gasteiger partial charge in [-0.3, -0.25) is 4.79 Å². The molecular weight excluding hydrogens is 436 g/mol. The second-order valence-corrected chi connectivity index (χ2v) is 8.89. The predicted molar refractivity (Wildman–Crippen MR) is 133 cm³/mol. The number of aromatic nitrogens is 1. The zero-order chi connectivity index (χ0) is 22.9. The predicted octanol–water partition coefficient (Wildman–Crippen LogP) is 5.88. The third-order valence-corrected chi connectivity index (χ3v) is 6.28. The average molecular weight is 461 g/mol. The molecule has 0 unspecified atom stereocenters. The van der Waals surface area contributed by atoms with Crippen LogP contribution >= 0.6 is 11.6 Å². The number of nitrogens with zero attached hydrogens (tertiary/aromatic N) is 3. The fourth-order valence-electron chi connectivity index (χ4n) is 4.33. The molecule has 0 saturated carbocycles. The molecule has 1 aliphatic rings. The quantitative estimate of drug-likeness (QED) is 0.411. The van der Waals surface area contributed by atoms with E-state index in [1.165, 1.54) is 11.3 Å². The summed E-state index contributed by atoms with van der Waals surface area (Å²) in [5, 5.41) is 4.77. The Balaban J connectivity index is 1.38. The van der Waals surface area contributed by atoms with Crippen molar-refractivity contribution >= 4 is 45.7 Å². The minimum atomic E-state index is -0.0943. The van der Waals surface area contributed by atoms with Crippen molar-refractivity contribution < 1.29 is 9.21 Å². The number of furan rings is 1. The molecule has 6 nitrogen and oxygen atoms in total. The van der Waals surface area contributed by atoms with E-state index in [1.54, 1.807) is 24.5 Å². The van der Waals surface area contributed by atoms with Gasteiger partial charge in [0.1, 0.15) is 17.1 Å². The molecule has 168 valence electrons. The standard InChI is InChI=1S/C26H25ClN4O2/c1-17-4-3-5-21(14-17)31-12-11-30(16-18(31)2)26(32)23-15-24-22(10-13-33-24)25(29-23)28-20-8-6-19(27)7-9-20/h3-10,13-15,18H,11-12,16H2,1-2H3,(H,28,29)/t18-/m1/s1. The van der Waals surface area contributed by atoms with Crippen molar-refractivity contribution in [2.24, 2.45) is 0 Å². The van der Waals surface area contributed by atoms with Crippen molar-refractivity contribution in [1.29, 1.82) is 0 Å². The lowest BCUT2D eigenvalue weighted by Gasteiger charge is -2.41. The maximum absolute atomic E-state index is 13.4. The van der Waals surface area contributed by atoms with Gasteiger partial charge in [0.05, 0.1) is 11.6 Å². The van der Waals surface area contributed by atoms with E-state index in [9.17, 15) is 4.79 Å². The number of amides is 1. The second-order valence-electron chi connectivity index (χ2n) is 8.45. The highest BCUT2D eigenvalue weighted by atomic mass is 35.5. The second kappa shape index (κ2) is 8.79. The Kier molecular flexibility index (Phi) is 5.68. The molecule has 1 saturated heterocycles. The number of rotatable bonds is 4. The summed E-state index contributed by atoms with van der Waals surface area (Å²) < 4.78 is 5.62. The van der Waals surface area contributed by atoms with Gasteiger partial charge in [-0.05, 0) is 61.9 Å². The minimum absolute atomic E-state index is 0.0943. The van der Waals surface area contributed by atoms with Crippen LogP contribution in [0.4, 0.5) is 17.2 Å². The van der Waals surface area contributed by atoms with E-state index in [2.05, 4.69) is 53.3 Å². The van der Waals surface area contributed by atoms with Crippen LogP contribution in [0.25, 0.3) is 11.0 Å². The maximum atomic E-state index is 13.4. The van der Waals surface area contributed by atoms with Gasteiger partial charge in [-0.1, -0.05) is 23.7 Å². The van der Waals surface area contributed by atoms with E-state index < -0.39 is 0 Å². The number of hydrogen-bond acceptors (Lipinski definition) is 5. The third-order valence-electron chi connectivity index (χ3n) is 6.02. The molecule has 4 aromatic rings. The van der Waals surface area contributed by atoms with Gasteiger partial charge >= 0.3 is 0 Å². The van der Waals surface area contributed by atoms with Crippen LogP contribution < -0.4 is 10.2 Å². The summed E-state index contributed by atoms with van der Waals surface area (Å²) in [6.07, 6.45) is 1.61. The number of fused-ring (bicyclic) bond motifs is 1. The lowest BCUT2D eigenvalue weighted by atomic mass is 10.1. The van der Waals surface area contributed by atoms with Gasteiger partial charge in [-0.2, -0.15) is 0 Å². The van der Waals surface area contributed by atoms with Crippen molar-refractivity contribution in [3.05, 3.63) is 83.2 Å². The van der Waals surface area contributed by atoms with Gasteiger partial charge < -0.3 is 19.5 Å². The Morgan fingerprint density at radius 2 is 1.94 bits per heavy atom. The van der Waals surface area contributed by atoms with Gasteiger partial charge in [-0.15, -0.1) is 0 Å². The summed E-state index contributed by atoms with van der Waals surface area (Å²) in [6, 6.07) is 19.6. The van der Waals surface area contributed by atoms with Crippen molar-refractivity contribution in [3.63, 3.8) is 0 Å². The minimum Gasteiger partial charge on any atom is -0.464 e. The Bertz CT molecular complexity index is 1300. The number of halogens is 1. The zero-order valence-corrected chi connectivity index (χ0v) is 19.3. The highest BCUT2D eigenvalue weighted by molar-refractivity contribution is 6.30. The number of carbonyl (C=O) groups is 1. The van der Waals surface area contributed by atoms with E-state index in [0.29, 0.717) is 35.2 Å². The Hall–Kier alpha value is -3.51. The number of anilines is 3. The number of nitrogens with one attached hydrogen (secondary N) is 1. The van der Waals surface area contributed by atoms with E-state index in [0.717, 1.165) is 17.6 Å². The molecule has 3 heterocycles. The first-order valence-corrected chi connectivity index (χ1v) is 11.4. The first kappa shape index (κ1) is 21.3. The molecule has 1 N–H and O–H groups in total. The molecule has 0 aliphatic carbocycles. The Morgan fingerprint density at radius 3 is 2.70 bits per heavy atom. The summed E-state index contributed by atoms with van der Waals surface area (Å²) in [7, 11) is 0. The SMILES string of the molecule is Cc1cccc(N2CCN(C(=O)c3cc4occc4c(Nc4ccc(Cl)cc4)n3)C[C@H]2C)c1.